The number of hydrogen-bond donors (Lipinski definition) is 5. The second-order valence-corrected chi connectivity index (χ2v) is 9.23. The molecule has 0 amide bonds. The van der Waals surface area contributed by atoms with Crippen molar-refractivity contribution in [2.24, 2.45) is 0 Å². The van der Waals surface area contributed by atoms with Gasteiger partial charge in [0.1, 0.15) is 0 Å². The Balaban J connectivity index is 2.40. The van der Waals surface area contributed by atoms with Gasteiger partial charge in [0.2, 0.25) is 0 Å². The summed E-state index contributed by atoms with van der Waals surface area (Å²) in [6.07, 6.45) is 3.23. The maximum Gasteiger partial charge on any atom is 0.369 e. The minimum absolute atomic E-state index is 0.153. The zero-order valence-corrected chi connectivity index (χ0v) is 13.0. The molecule has 1 heterocycles. The van der Waals surface area contributed by atoms with Crippen LogP contribution in [0.15, 0.2) is 0 Å². The van der Waals surface area contributed by atoms with Gasteiger partial charge in [-0.25, -0.2) is 0 Å². The summed E-state index contributed by atoms with van der Waals surface area (Å²) < 4.78 is 22.2. The summed E-state index contributed by atoms with van der Waals surface area (Å²) in [6.45, 7) is 2.97. The zero-order valence-electron chi connectivity index (χ0n) is 11.3. The third-order valence-electron chi connectivity index (χ3n) is 3.62. The molecule has 0 saturated carbocycles. The van der Waals surface area contributed by atoms with E-state index in [4.69, 9.17) is 19.6 Å². The lowest BCUT2D eigenvalue weighted by Crippen LogP contribution is -2.28. The minimum atomic E-state index is -5.30. The van der Waals surface area contributed by atoms with Crippen molar-refractivity contribution in [2.45, 2.75) is 43.6 Å². The Morgan fingerprint density at radius 2 is 1.40 bits per heavy atom. The van der Waals surface area contributed by atoms with Crippen molar-refractivity contribution in [3.63, 3.8) is 0 Å². The van der Waals surface area contributed by atoms with Crippen molar-refractivity contribution < 1.29 is 33.8 Å². The summed E-state index contributed by atoms with van der Waals surface area (Å²) in [5, 5.41) is 6.40. The molecular formula is C10H23NO7P2. The smallest absolute Gasteiger partial charge is 0.368 e. The van der Waals surface area contributed by atoms with Crippen molar-refractivity contribution in [1.82, 2.24) is 4.90 Å². The van der Waals surface area contributed by atoms with Gasteiger partial charge in [-0.2, -0.15) is 0 Å². The van der Waals surface area contributed by atoms with E-state index in [0.29, 0.717) is 6.42 Å². The summed E-state index contributed by atoms with van der Waals surface area (Å²) in [6, 6.07) is 0. The van der Waals surface area contributed by atoms with E-state index in [0.717, 1.165) is 26.1 Å². The largest absolute Gasteiger partial charge is 0.369 e. The number of likely N-dealkylation sites (tertiary alicyclic amines) is 1. The number of rotatable bonds is 8. The Morgan fingerprint density at radius 1 is 0.900 bits per heavy atom. The third-order valence-corrected chi connectivity index (χ3v) is 7.49. The van der Waals surface area contributed by atoms with Gasteiger partial charge in [-0.05, 0) is 51.7 Å². The predicted octanol–water partition coefficient (Wildman–Crippen LogP) is 0.644. The van der Waals surface area contributed by atoms with E-state index in [1.54, 1.807) is 0 Å². The van der Waals surface area contributed by atoms with Gasteiger partial charge < -0.3 is 29.6 Å². The molecule has 0 unspecified atom stereocenters. The van der Waals surface area contributed by atoms with E-state index >= 15 is 0 Å². The highest BCUT2D eigenvalue weighted by atomic mass is 31.2. The fraction of sp³-hybridized carbons (Fsp3) is 1.00. The highest BCUT2D eigenvalue weighted by Gasteiger charge is 2.58. The SMILES string of the molecule is O=P(O)(O)C(O)(CCCCCN1CCCC1)P(=O)(O)O. The van der Waals surface area contributed by atoms with Crippen LogP contribution in [0.25, 0.3) is 0 Å². The van der Waals surface area contributed by atoms with Crippen LogP contribution in [-0.2, 0) is 9.13 Å². The minimum Gasteiger partial charge on any atom is -0.368 e. The summed E-state index contributed by atoms with van der Waals surface area (Å²) in [5.74, 6) is 0. The van der Waals surface area contributed by atoms with E-state index in [1.807, 2.05) is 0 Å². The molecule has 1 saturated heterocycles. The maximum absolute atomic E-state index is 11.1. The van der Waals surface area contributed by atoms with Crippen LogP contribution < -0.4 is 0 Å². The zero-order chi connectivity index (χ0) is 15.4. The molecule has 0 aromatic rings. The van der Waals surface area contributed by atoms with Crippen LogP contribution in [0, 0.1) is 0 Å². The van der Waals surface area contributed by atoms with E-state index in [9.17, 15) is 14.2 Å². The molecule has 1 rings (SSSR count). The summed E-state index contributed by atoms with van der Waals surface area (Å²) in [4.78, 5) is 38.1. The van der Waals surface area contributed by atoms with Crippen LogP contribution in [-0.4, -0.2) is 54.3 Å². The number of aliphatic hydroxyl groups is 1. The van der Waals surface area contributed by atoms with Crippen molar-refractivity contribution in [2.75, 3.05) is 19.6 Å². The molecule has 8 nitrogen and oxygen atoms in total. The molecule has 20 heavy (non-hydrogen) atoms. The van der Waals surface area contributed by atoms with Gasteiger partial charge in [-0.15, -0.1) is 0 Å². The first-order chi connectivity index (χ1) is 9.08. The molecule has 5 N–H and O–H groups in total. The van der Waals surface area contributed by atoms with Gasteiger partial charge in [0.15, 0.2) is 0 Å². The van der Waals surface area contributed by atoms with Crippen molar-refractivity contribution >= 4 is 15.2 Å². The lowest BCUT2D eigenvalue weighted by atomic mass is 10.2. The highest BCUT2D eigenvalue weighted by Crippen LogP contribution is 2.69. The average Bonchev–Trinajstić information content (AvgIpc) is 2.78. The van der Waals surface area contributed by atoms with Gasteiger partial charge >= 0.3 is 15.2 Å². The molecule has 1 aliphatic rings. The Labute approximate surface area is 118 Å². The number of hydrogen-bond acceptors (Lipinski definition) is 4. The van der Waals surface area contributed by atoms with Crippen molar-refractivity contribution in [1.29, 1.82) is 0 Å². The number of unbranched alkanes of at least 4 members (excludes halogenated alkanes) is 2. The van der Waals surface area contributed by atoms with Crippen LogP contribution in [0.4, 0.5) is 0 Å². The first kappa shape index (κ1) is 18.3. The van der Waals surface area contributed by atoms with Crippen LogP contribution in [0.5, 0.6) is 0 Å². The van der Waals surface area contributed by atoms with Crippen LogP contribution in [0.3, 0.4) is 0 Å². The second-order valence-electron chi connectivity index (χ2n) is 5.22. The predicted molar refractivity (Wildman–Crippen MR) is 73.2 cm³/mol. The maximum atomic E-state index is 11.1. The molecule has 1 fully saturated rings. The Bertz CT molecular complexity index is 376. The van der Waals surface area contributed by atoms with Crippen LogP contribution >= 0.6 is 15.2 Å². The van der Waals surface area contributed by atoms with E-state index in [1.165, 1.54) is 12.8 Å². The molecule has 0 aromatic carbocycles. The van der Waals surface area contributed by atoms with Crippen molar-refractivity contribution in [3.8, 4) is 0 Å². The lowest BCUT2D eigenvalue weighted by molar-refractivity contribution is 0.120. The number of nitrogens with zero attached hydrogens (tertiary/aromatic N) is 1. The van der Waals surface area contributed by atoms with Gasteiger partial charge in [-0.1, -0.05) is 6.42 Å². The molecule has 0 spiro atoms. The summed E-state index contributed by atoms with van der Waals surface area (Å²) in [7, 11) is -10.6. The first-order valence-corrected chi connectivity index (χ1v) is 9.86. The lowest BCUT2D eigenvalue weighted by Gasteiger charge is -2.29. The van der Waals surface area contributed by atoms with Gasteiger partial charge in [0, 0.05) is 0 Å². The van der Waals surface area contributed by atoms with Gasteiger partial charge in [0.25, 0.3) is 5.08 Å². The molecular weight excluding hydrogens is 308 g/mol. The van der Waals surface area contributed by atoms with E-state index in [2.05, 4.69) is 4.90 Å². The van der Waals surface area contributed by atoms with Gasteiger partial charge in [-0.3, -0.25) is 9.13 Å². The summed E-state index contributed by atoms with van der Waals surface area (Å²) in [5.41, 5.74) is 0. The molecule has 0 radical (unpaired) electrons. The molecule has 0 aromatic heterocycles. The average molecular weight is 331 g/mol. The van der Waals surface area contributed by atoms with Crippen LogP contribution in [0.2, 0.25) is 0 Å². The molecule has 0 bridgehead atoms. The highest BCUT2D eigenvalue weighted by molar-refractivity contribution is 7.72. The van der Waals surface area contributed by atoms with Crippen LogP contribution in [0.1, 0.15) is 38.5 Å². The first-order valence-electron chi connectivity index (χ1n) is 6.64. The van der Waals surface area contributed by atoms with Gasteiger partial charge in [0.05, 0.1) is 0 Å². The third kappa shape index (κ3) is 4.61. The molecule has 0 aliphatic carbocycles. The normalized spacial score (nSPS) is 18.6. The second kappa shape index (κ2) is 6.99. The monoisotopic (exact) mass is 331 g/mol. The van der Waals surface area contributed by atoms with E-state index < -0.39 is 26.7 Å². The Hall–Kier alpha value is 0.220. The fourth-order valence-electron chi connectivity index (χ4n) is 2.34. The van der Waals surface area contributed by atoms with Crippen molar-refractivity contribution in [3.05, 3.63) is 0 Å². The van der Waals surface area contributed by atoms with E-state index in [-0.39, 0.29) is 6.42 Å². The quantitative estimate of drug-likeness (QED) is 0.323. The topological polar surface area (TPSA) is 139 Å². The molecule has 0 atom stereocenters. The fourth-order valence-corrected chi connectivity index (χ4v) is 4.60. The molecule has 1 aliphatic heterocycles. The molecule has 10 heteroatoms. The molecule has 120 valence electrons. The standard InChI is InChI=1S/C10H23NO7P2/c12-10(19(13,14)15,20(16,17)18)6-2-1-3-7-11-8-4-5-9-11/h12H,1-9H2,(H2,13,14,15)(H2,16,17,18). The Morgan fingerprint density at radius 3 is 1.85 bits per heavy atom. The Kier molecular flexibility index (Phi) is 6.38. The summed E-state index contributed by atoms with van der Waals surface area (Å²) >= 11 is 0.